The lowest BCUT2D eigenvalue weighted by Crippen LogP contribution is -2.15. The summed E-state index contributed by atoms with van der Waals surface area (Å²) in [5.74, 6) is 0.0864. The van der Waals surface area contributed by atoms with Crippen molar-refractivity contribution in [1.29, 1.82) is 0 Å². The summed E-state index contributed by atoms with van der Waals surface area (Å²) in [6.07, 6.45) is -0.627. The van der Waals surface area contributed by atoms with E-state index in [9.17, 15) is 18.0 Å². The first kappa shape index (κ1) is 17.4. The van der Waals surface area contributed by atoms with Gasteiger partial charge >= 0.3 is 6.18 Å². The molecule has 0 spiro atoms. The number of alkyl halides is 3. The summed E-state index contributed by atoms with van der Waals surface area (Å²) in [4.78, 5) is 16.5. The molecule has 0 aromatic carbocycles. The van der Waals surface area contributed by atoms with E-state index in [-0.39, 0.29) is 11.6 Å². The van der Waals surface area contributed by atoms with Gasteiger partial charge < -0.3 is 10.1 Å². The highest BCUT2D eigenvalue weighted by atomic mass is 32.1. The normalized spacial score (nSPS) is 20.3. The Labute approximate surface area is 151 Å². The molecule has 2 aromatic rings. The van der Waals surface area contributed by atoms with Gasteiger partial charge in [-0.05, 0) is 48.8 Å². The maximum Gasteiger partial charge on any atom is 0.433 e. The minimum atomic E-state index is -4.56. The quantitative estimate of drug-likeness (QED) is 0.860. The van der Waals surface area contributed by atoms with E-state index in [1.165, 1.54) is 6.07 Å². The predicted molar refractivity (Wildman–Crippen MR) is 89.5 cm³/mol. The van der Waals surface area contributed by atoms with Crippen LogP contribution < -0.4 is 5.32 Å². The topological polar surface area (TPSA) is 64.1 Å². The van der Waals surface area contributed by atoms with E-state index in [2.05, 4.69) is 14.7 Å². The van der Waals surface area contributed by atoms with E-state index in [4.69, 9.17) is 4.74 Å². The monoisotopic (exact) mass is 383 g/mol. The molecule has 1 saturated heterocycles. The summed E-state index contributed by atoms with van der Waals surface area (Å²) in [6.45, 7) is 1.29. The molecule has 26 heavy (non-hydrogen) atoms. The zero-order valence-electron chi connectivity index (χ0n) is 13.7. The lowest BCUT2D eigenvalue weighted by Gasteiger charge is -2.10. The summed E-state index contributed by atoms with van der Waals surface area (Å²) < 4.78 is 48.3. The van der Waals surface area contributed by atoms with Crippen molar-refractivity contribution >= 4 is 23.1 Å². The molecule has 1 saturated carbocycles. The van der Waals surface area contributed by atoms with Crippen LogP contribution in [0.5, 0.6) is 0 Å². The van der Waals surface area contributed by atoms with Gasteiger partial charge in [-0.2, -0.15) is 17.5 Å². The van der Waals surface area contributed by atoms with Gasteiger partial charge in [0, 0.05) is 30.0 Å². The number of carbonyl (C=O) groups excluding carboxylic acids is 1. The Hall–Kier alpha value is -2.00. The molecule has 3 heterocycles. The number of aromatic nitrogens is 2. The number of amides is 1. The van der Waals surface area contributed by atoms with Crippen LogP contribution in [0.25, 0.3) is 0 Å². The molecule has 0 radical (unpaired) electrons. The standard InChI is InChI=1S/C17H16F3N3O2S/c18-17(19,20)12-7-11(3-5-21-12)22-16(24)15-13(9-1-2-9)14(23-26-15)10-4-6-25-8-10/h3,5,7,9-10H,1-2,4,6,8H2,(H,21,22,24)/t10-/m0/s1. The van der Waals surface area contributed by atoms with Gasteiger partial charge in [0.05, 0.1) is 12.3 Å². The van der Waals surface area contributed by atoms with Crippen molar-refractivity contribution in [3.05, 3.63) is 40.2 Å². The van der Waals surface area contributed by atoms with Crippen molar-refractivity contribution < 1.29 is 22.7 Å². The SMILES string of the molecule is O=C(Nc1ccnc(C(F)(F)F)c1)c1snc([C@H]2CCOC2)c1C1CC1. The van der Waals surface area contributed by atoms with Crippen molar-refractivity contribution in [2.24, 2.45) is 0 Å². The highest BCUT2D eigenvalue weighted by Crippen LogP contribution is 2.47. The van der Waals surface area contributed by atoms with Gasteiger partial charge in [-0.25, -0.2) is 0 Å². The fraction of sp³-hybridized carbons (Fsp3) is 0.471. The van der Waals surface area contributed by atoms with E-state index in [0.717, 1.165) is 54.3 Å². The fourth-order valence-electron chi connectivity index (χ4n) is 3.14. The zero-order chi connectivity index (χ0) is 18.3. The summed E-state index contributed by atoms with van der Waals surface area (Å²) in [7, 11) is 0. The van der Waals surface area contributed by atoms with Crippen LogP contribution in [0.4, 0.5) is 18.9 Å². The average Bonchev–Trinajstić information content (AvgIpc) is 3.11. The molecule has 0 unspecified atom stereocenters. The third kappa shape index (κ3) is 3.45. The third-order valence-electron chi connectivity index (χ3n) is 4.57. The lowest BCUT2D eigenvalue weighted by molar-refractivity contribution is -0.141. The number of hydrogen-bond acceptors (Lipinski definition) is 5. The lowest BCUT2D eigenvalue weighted by atomic mass is 9.97. The highest BCUT2D eigenvalue weighted by Gasteiger charge is 2.37. The molecule has 2 fully saturated rings. The van der Waals surface area contributed by atoms with Gasteiger partial charge in [0.1, 0.15) is 10.6 Å². The fourth-order valence-corrected chi connectivity index (χ4v) is 4.08. The molecule has 1 N–H and O–H groups in total. The van der Waals surface area contributed by atoms with Crippen molar-refractivity contribution in [1.82, 2.24) is 9.36 Å². The van der Waals surface area contributed by atoms with Crippen molar-refractivity contribution in [2.75, 3.05) is 18.5 Å². The number of hydrogen-bond donors (Lipinski definition) is 1. The summed E-state index contributed by atoms with van der Waals surface area (Å²) in [5.41, 5.74) is 0.906. The van der Waals surface area contributed by atoms with Gasteiger partial charge in [0.15, 0.2) is 0 Å². The van der Waals surface area contributed by atoms with E-state index in [1.54, 1.807) is 0 Å². The maximum absolute atomic E-state index is 12.8. The molecular formula is C17H16F3N3O2S. The number of pyridine rings is 1. The smallest absolute Gasteiger partial charge is 0.381 e. The molecule has 2 aliphatic rings. The molecule has 2 aromatic heterocycles. The number of nitrogens with one attached hydrogen (secondary N) is 1. The Kier molecular flexibility index (Phi) is 4.44. The average molecular weight is 383 g/mol. The van der Waals surface area contributed by atoms with Gasteiger partial charge in [-0.15, -0.1) is 0 Å². The van der Waals surface area contributed by atoms with Crippen molar-refractivity contribution in [3.63, 3.8) is 0 Å². The number of rotatable bonds is 4. The first-order chi connectivity index (χ1) is 12.4. The first-order valence-electron chi connectivity index (χ1n) is 8.35. The number of nitrogens with zero attached hydrogens (tertiary/aromatic N) is 2. The Balaban J connectivity index is 1.59. The molecule has 1 amide bonds. The Bertz CT molecular complexity index is 827. The summed E-state index contributed by atoms with van der Waals surface area (Å²) in [6, 6.07) is 2.18. The zero-order valence-corrected chi connectivity index (χ0v) is 14.5. The second-order valence-corrected chi connectivity index (χ2v) is 7.30. The van der Waals surface area contributed by atoms with Gasteiger partial charge in [0.2, 0.25) is 0 Å². The molecular weight excluding hydrogens is 367 g/mol. The molecule has 9 heteroatoms. The van der Waals surface area contributed by atoms with Crippen LogP contribution >= 0.6 is 11.5 Å². The summed E-state index contributed by atoms with van der Waals surface area (Å²) in [5, 5.41) is 2.56. The van der Waals surface area contributed by atoms with Gasteiger partial charge in [-0.1, -0.05) is 0 Å². The van der Waals surface area contributed by atoms with Gasteiger partial charge in [-0.3, -0.25) is 9.78 Å². The molecule has 4 rings (SSSR count). The molecule has 138 valence electrons. The van der Waals surface area contributed by atoms with E-state index in [1.807, 2.05) is 0 Å². The Morgan fingerprint density at radius 1 is 1.27 bits per heavy atom. The number of ether oxygens (including phenoxy) is 1. The number of carbonyl (C=O) groups is 1. The number of anilines is 1. The Morgan fingerprint density at radius 3 is 2.73 bits per heavy atom. The molecule has 5 nitrogen and oxygen atoms in total. The van der Waals surface area contributed by atoms with E-state index >= 15 is 0 Å². The Morgan fingerprint density at radius 2 is 2.08 bits per heavy atom. The second-order valence-electron chi connectivity index (χ2n) is 6.53. The first-order valence-corrected chi connectivity index (χ1v) is 9.12. The molecule has 1 aliphatic heterocycles. The van der Waals surface area contributed by atoms with Crippen LogP contribution in [0.2, 0.25) is 0 Å². The second kappa shape index (κ2) is 6.62. The summed E-state index contributed by atoms with van der Waals surface area (Å²) >= 11 is 1.11. The van der Waals surface area contributed by atoms with Crippen LogP contribution in [0.1, 0.15) is 57.7 Å². The van der Waals surface area contributed by atoms with Crippen LogP contribution in [0.15, 0.2) is 18.3 Å². The van der Waals surface area contributed by atoms with Crippen LogP contribution in [0.3, 0.4) is 0 Å². The van der Waals surface area contributed by atoms with Crippen molar-refractivity contribution in [3.8, 4) is 0 Å². The molecule has 0 bridgehead atoms. The number of halogens is 3. The van der Waals surface area contributed by atoms with E-state index < -0.39 is 17.8 Å². The van der Waals surface area contributed by atoms with Crippen LogP contribution in [-0.4, -0.2) is 28.5 Å². The van der Waals surface area contributed by atoms with Crippen LogP contribution in [0, 0.1) is 0 Å². The third-order valence-corrected chi connectivity index (χ3v) is 5.45. The van der Waals surface area contributed by atoms with Crippen LogP contribution in [-0.2, 0) is 10.9 Å². The van der Waals surface area contributed by atoms with E-state index in [0.29, 0.717) is 24.0 Å². The predicted octanol–water partition coefficient (Wildman–Crippen LogP) is 4.19. The molecule has 1 atom stereocenters. The maximum atomic E-state index is 12.8. The minimum absolute atomic E-state index is 0.0678. The van der Waals surface area contributed by atoms with Crippen molar-refractivity contribution in [2.45, 2.75) is 37.3 Å². The molecule has 1 aliphatic carbocycles. The highest BCUT2D eigenvalue weighted by molar-refractivity contribution is 7.08. The van der Waals surface area contributed by atoms with Gasteiger partial charge in [0.25, 0.3) is 5.91 Å². The minimum Gasteiger partial charge on any atom is -0.381 e. The largest absolute Gasteiger partial charge is 0.433 e.